The third-order valence-corrected chi connectivity index (χ3v) is 7.60. The van der Waals surface area contributed by atoms with E-state index in [1.54, 1.807) is 11.1 Å². The number of sulfonamides is 1. The second kappa shape index (κ2) is 8.04. The minimum atomic E-state index is -4.24. The number of halogens is 1. The van der Waals surface area contributed by atoms with Crippen LogP contribution in [0.1, 0.15) is 30.0 Å². The molecule has 2 atom stereocenters. The van der Waals surface area contributed by atoms with Crippen LogP contribution in [0.3, 0.4) is 0 Å². The molecule has 1 aliphatic heterocycles. The summed E-state index contributed by atoms with van der Waals surface area (Å²) in [4.78, 5) is 19.2. The topological polar surface area (TPSA) is 93.4 Å². The van der Waals surface area contributed by atoms with Crippen LogP contribution >= 0.6 is 0 Å². The van der Waals surface area contributed by atoms with Crippen molar-refractivity contribution in [2.45, 2.75) is 43.5 Å². The van der Waals surface area contributed by atoms with Crippen LogP contribution in [0, 0.1) is 11.7 Å². The highest BCUT2D eigenvalue weighted by atomic mass is 32.2. The van der Waals surface area contributed by atoms with Gasteiger partial charge < -0.3 is 4.90 Å². The first-order chi connectivity index (χ1) is 15.8. The number of anilines is 1. The van der Waals surface area contributed by atoms with Gasteiger partial charge in [-0.2, -0.15) is 0 Å². The van der Waals surface area contributed by atoms with Gasteiger partial charge in [0.2, 0.25) is 15.9 Å². The fourth-order valence-corrected chi connectivity index (χ4v) is 5.65. The molecule has 2 aromatic carbocycles. The number of carbonyl (C=O) groups is 1. The lowest BCUT2D eigenvalue weighted by Crippen LogP contribution is -2.41. The van der Waals surface area contributed by atoms with Crippen LogP contribution in [-0.4, -0.2) is 25.4 Å². The van der Waals surface area contributed by atoms with Gasteiger partial charge in [-0.05, 0) is 72.7 Å². The Hall–Kier alpha value is -3.10. The van der Waals surface area contributed by atoms with Gasteiger partial charge in [0.05, 0.1) is 5.69 Å². The monoisotopic (exact) mass is 465 g/mol. The summed E-state index contributed by atoms with van der Waals surface area (Å²) >= 11 is 0. The highest BCUT2D eigenvalue weighted by Crippen LogP contribution is 2.39. The van der Waals surface area contributed by atoms with Crippen molar-refractivity contribution >= 4 is 21.6 Å². The Morgan fingerprint density at radius 1 is 1.09 bits per heavy atom. The van der Waals surface area contributed by atoms with Crippen molar-refractivity contribution in [1.82, 2.24) is 4.98 Å². The molecule has 170 valence electrons. The maximum atomic E-state index is 14.4. The first kappa shape index (κ1) is 21.7. The van der Waals surface area contributed by atoms with Crippen LogP contribution in [0.2, 0.25) is 0 Å². The minimum Gasteiger partial charge on any atom is -0.308 e. The fourth-order valence-electron chi connectivity index (χ4n) is 5.04. The Balaban J connectivity index is 1.46. The van der Waals surface area contributed by atoms with Gasteiger partial charge >= 0.3 is 0 Å². The number of hydrogen-bond donors (Lipinski definition) is 1. The summed E-state index contributed by atoms with van der Waals surface area (Å²) in [5.74, 6) is -1.21. The Labute approximate surface area is 192 Å². The maximum absolute atomic E-state index is 14.4. The average Bonchev–Trinajstić information content (AvgIpc) is 3.38. The Morgan fingerprint density at radius 3 is 2.58 bits per heavy atom. The normalized spacial score (nSPS) is 19.4. The second-order valence-corrected chi connectivity index (χ2v) is 10.3. The zero-order valence-corrected chi connectivity index (χ0v) is 19.0. The van der Waals surface area contributed by atoms with Gasteiger partial charge in [0, 0.05) is 29.4 Å². The molecule has 2 N–H and O–H groups in total. The summed E-state index contributed by atoms with van der Waals surface area (Å²) in [6, 6.07) is 14.2. The van der Waals surface area contributed by atoms with E-state index in [0.29, 0.717) is 36.9 Å². The number of carbonyl (C=O) groups excluding carboxylic acids is 1. The number of amides is 1. The Bertz CT molecular complexity index is 1360. The zero-order valence-electron chi connectivity index (χ0n) is 18.2. The lowest BCUT2D eigenvalue weighted by atomic mass is 10.0. The van der Waals surface area contributed by atoms with Crippen molar-refractivity contribution < 1.29 is 17.6 Å². The van der Waals surface area contributed by atoms with E-state index in [-0.39, 0.29) is 17.9 Å². The van der Waals surface area contributed by atoms with Crippen molar-refractivity contribution in [1.29, 1.82) is 0 Å². The quantitative estimate of drug-likeness (QED) is 0.637. The lowest BCUT2D eigenvalue weighted by molar-refractivity contribution is -0.122. The largest absolute Gasteiger partial charge is 0.308 e. The fraction of sp³-hybridized carbons (Fsp3) is 0.280. The van der Waals surface area contributed by atoms with Crippen LogP contribution in [0.25, 0.3) is 11.3 Å². The van der Waals surface area contributed by atoms with Crippen LogP contribution in [0.5, 0.6) is 0 Å². The van der Waals surface area contributed by atoms with Crippen LogP contribution in [0.15, 0.2) is 59.6 Å². The molecule has 5 rings (SSSR count). The van der Waals surface area contributed by atoms with Crippen molar-refractivity contribution in [3.63, 3.8) is 0 Å². The molecule has 33 heavy (non-hydrogen) atoms. The summed E-state index contributed by atoms with van der Waals surface area (Å²) in [6.07, 6.45) is 4.13. The molecule has 0 fully saturated rings. The van der Waals surface area contributed by atoms with E-state index >= 15 is 0 Å². The van der Waals surface area contributed by atoms with Gasteiger partial charge in [-0.15, -0.1) is 0 Å². The van der Waals surface area contributed by atoms with E-state index in [1.807, 2.05) is 31.2 Å². The van der Waals surface area contributed by atoms with Gasteiger partial charge in [-0.1, -0.05) is 25.1 Å². The minimum absolute atomic E-state index is 0.0665. The van der Waals surface area contributed by atoms with Gasteiger partial charge in [-0.3, -0.25) is 9.78 Å². The van der Waals surface area contributed by atoms with Crippen molar-refractivity contribution in [3.8, 4) is 11.3 Å². The predicted molar refractivity (Wildman–Crippen MR) is 124 cm³/mol. The standard InChI is InChI=1S/C25H24FN3O3S/c1-2-20-12-18-13-21(26)24(33(27,31)32)14-23(18)29(20)25(30)19-9-15-6-7-16(10-17(15)11-19)22-5-3-4-8-28-22/h3-8,10,13-14,19-20H,2,9,11-12H2,1H3,(H2,27,31,32)/t19-,20?/m1/s1. The molecule has 2 heterocycles. The predicted octanol–water partition coefficient (Wildman–Crippen LogP) is 3.62. The number of nitrogens with zero attached hydrogens (tertiary/aromatic N) is 2. The van der Waals surface area contributed by atoms with E-state index in [2.05, 4.69) is 17.1 Å². The van der Waals surface area contributed by atoms with Gasteiger partial charge in [0.25, 0.3) is 0 Å². The first-order valence-corrected chi connectivity index (χ1v) is 12.5. The van der Waals surface area contributed by atoms with Crippen molar-refractivity contribution in [2.75, 3.05) is 4.90 Å². The summed E-state index contributed by atoms with van der Waals surface area (Å²) in [6.45, 7) is 1.97. The number of primary sulfonamides is 1. The van der Waals surface area contributed by atoms with E-state index in [9.17, 15) is 17.6 Å². The molecule has 2 aliphatic rings. The first-order valence-electron chi connectivity index (χ1n) is 11.0. The Kier molecular flexibility index (Phi) is 5.29. The van der Waals surface area contributed by atoms with Gasteiger partial charge in [0.1, 0.15) is 10.7 Å². The summed E-state index contributed by atoms with van der Waals surface area (Å²) in [5.41, 5.74) is 5.22. The molecule has 0 saturated heterocycles. The number of pyridine rings is 1. The molecule has 3 aromatic rings. The van der Waals surface area contributed by atoms with Crippen LogP contribution in [-0.2, 0) is 34.1 Å². The molecule has 1 unspecified atom stereocenters. The number of aromatic nitrogens is 1. The smallest absolute Gasteiger partial charge is 0.241 e. The molecular formula is C25H24FN3O3S. The van der Waals surface area contributed by atoms with Crippen molar-refractivity contribution in [2.24, 2.45) is 11.1 Å². The molecule has 0 saturated carbocycles. The van der Waals surface area contributed by atoms with E-state index in [1.165, 1.54) is 12.1 Å². The molecular weight excluding hydrogens is 441 g/mol. The summed E-state index contributed by atoms with van der Waals surface area (Å²) in [7, 11) is -4.24. The van der Waals surface area contributed by atoms with Crippen LogP contribution < -0.4 is 10.0 Å². The number of hydrogen-bond acceptors (Lipinski definition) is 4. The number of benzene rings is 2. The molecule has 8 heteroatoms. The second-order valence-electron chi connectivity index (χ2n) is 8.73. The van der Waals surface area contributed by atoms with E-state index in [4.69, 9.17) is 5.14 Å². The van der Waals surface area contributed by atoms with Gasteiger partial charge in [0.15, 0.2) is 0 Å². The third-order valence-electron chi connectivity index (χ3n) is 6.68. The molecule has 6 nitrogen and oxygen atoms in total. The zero-order chi connectivity index (χ0) is 23.3. The molecule has 1 aliphatic carbocycles. The van der Waals surface area contributed by atoms with Crippen LogP contribution in [0.4, 0.5) is 10.1 Å². The van der Waals surface area contributed by atoms with E-state index in [0.717, 1.165) is 22.4 Å². The molecule has 1 aromatic heterocycles. The number of nitrogens with two attached hydrogens (primary N) is 1. The van der Waals surface area contributed by atoms with Crippen molar-refractivity contribution in [3.05, 3.63) is 77.2 Å². The van der Waals surface area contributed by atoms with E-state index < -0.39 is 20.7 Å². The molecule has 1 amide bonds. The molecule has 0 spiro atoms. The number of rotatable bonds is 4. The lowest BCUT2D eigenvalue weighted by Gasteiger charge is -2.27. The highest BCUT2D eigenvalue weighted by molar-refractivity contribution is 7.89. The maximum Gasteiger partial charge on any atom is 0.241 e. The molecule has 0 bridgehead atoms. The third kappa shape index (κ3) is 3.83. The average molecular weight is 466 g/mol. The Morgan fingerprint density at radius 2 is 1.88 bits per heavy atom. The summed E-state index contributed by atoms with van der Waals surface area (Å²) < 4.78 is 38.1. The van der Waals surface area contributed by atoms with Gasteiger partial charge in [-0.25, -0.2) is 17.9 Å². The highest BCUT2D eigenvalue weighted by Gasteiger charge is 2.39. The summed E-state index contributed by atoms with van der Waals surface area (Å²) in [5, 5.41) is 5.21. The molecule has 0 radical (unpaired) electrons. The number of fused-ring (bicyclic) bond motifs is 2. The SMILES string of the molecule is CCC1Cc2cc(F)c(S(N)(=O)=O)cc2N1C(=O)[C@@H]1Cc2ccc(-c3ccccn3)cc2C1.